The van der Waals surface area contributed by atoms with Crippen molar-refractivity contribution in [1.29, 1.82) is 0 Å². The highest BCUT2D eigenvalue weighted by atomic mass is 127. The fourth-order valence-corrected chi connectivity index (χ4v) is 3.54. The van der Waals surface area contributed by atoms with Crippen molar-refractivity contribution >= 4 is 41.8 Å². The molecular formula is C19H36IN5O3. The van der Waals surface area contributed by atoms with Gasteiger partial charge in [-0.2, -0.15) is 0 Å². The summed E-state index contributed by atoms with van der Waals surface area (Å²) in [6.45, 7) is 12.6. The summed E-state index contributed by atoms with van der Waals surface area (Å²) in [5.74, 6) is 0.638. The maximum Gasteiger partial charge on any atom is 0.325 e. The number of nitrogens with zero attached hydrogens (tertiary/aromatic N) is 4. The van der Waals surface area contributed by atoms with E-state index in [4.69, 9.17) is 4.74 Å². The van der Waals surface area contributed by atoms with Gasteiger partial charge in [-0.3, -0.25) is 19.5 Å². The third-order valence-electron chi connectivity index (χ3n) is 4.96. The summed E-state index contributed by atoms with van der Waals surface area (Å²) >= 11 is 0. The van der Waals surface area contributed by atoms with Crippen molar-refractivity contribution in [3.05, 3.63) is 0 Å². The molecule has 1 amide bonds. The lowest BCUT2D eigenvalue weighted by atomic mass is 10.2. The molecule has 2 heterocycles. The van der Waals surface area contributed by atoms with Crippen LogP contribution < -0.4 is 5.32 Å². The van der Waals surface area contributed by atoms with Gasteiger partial charge < -0.3 is 19.9 Å². The van der Waals surface area contributed by atoms with E-state index < -0.39 is 5.60 Å². The lowest BCUT2D eigenvalue weighted by molar-refractivity contribution is -0.153. The Bertz CT molecular complexity index is 550. The van der Waals surface area contributed by atoms with Crippen LogP contribution in [0.5, 0.6) is 0 Å². The van der Waals surface area contributed by atoms with Gasteiger partial charge in [0.05, 0.1) is 6.04 Å². The summed E-state index contributed by atoms with van der Waals surface area (Å²) in [4.78, 5) is 35.1. The van der Waals surface area contributed by atoms with Crippen LogP contribution in [0.15, 0.2) is 4.99 Å². The maximum absolute atomic E-state index is 12.6. The Kier molecular flexibility index (Phi) is 9.96. The zero-order valence-corrected chi connectivity index (χ0v) is 20.2. The molecule has 0 aliphatic carbocycles. The average Bonchev–Trinajstić information content (AvgIpc) is 3.14. The van der Waals surface area contributed by atoms with Crippen molar-refractivity contribution < 1.29 is 14.3 Å². The standard InChI is InChI=1S/C19H35N5O3.HI/c1-15(17(26)23-8-6-7-9-23)22-10-12-24(13-11-22)18(20-5)21-14-16(25)27-19(2,3)4;/h15H,6-14H2,1-5H3,(H,20,21);1H. The molecule has 2 saturated heterocycles. The number of nitrogens with one attached hydrogen (secondary N) is 1. The third kappa shape index (κ3) is 7.38. The molecule has 0 spiro atoms. The summed E-state index contributed by atoms with van der Waals surface area (Å²) in [5, 5.41) is 3.08. The number of amides is 1. The van der Waals surface area contributed by atoms with E-state index >= 15 is 0 Å². The zero-order valence-electron chi connectivity index (χ0n) is 17.9. The Morgan fingerprint density at radius 2 is 1.61 bits per heavy atom. The molecule has 2 aliphatic heterocycles. The number of piperazine rings is 1. The minimum atomic E-state index is -0.494. The van der Waals surface area contributed by atoms with Crippen LogP contribution >= 0.6 is 24.0 Å². The SMILES string of the molecule is CN=C(NCC(=O)OC(C)(C)C)N1CCN(C(C)C(=O)N2CCCC2)CC1.I. The van der Waals surface area contributed by atoms with E-state index in [0.717, 1.165) is 52.1 Å². The number of halogens is 1. The molecule has 0 aromatic rings. The molecule has 9 heteroatoms. The van der Waals surface area contributed by atoms with Gasteiger partial charge in [0.15, 0.2) is 5.96 Å². The molecule has 2 rings (SSSR count). The Morgan fingerprint density at radius 1 is 1.04 bits per heavy atom. The van der Waals surface area contributed by atoms with E-state index in [2.05, 4.69) is 20.1 Å². The summed E-state index contributed by atoms with van der Waals surface area (Å²) < 4.78 is 5.32. The number of guanidine groups is 1. The number of hydrogen-bond acceptors (Lipinski definition) is 5. The quantitative estimate of drug-likeness (QED) is 0.265. The van der Waals surface area contributed by atoms with Crippen LogP contribution in [0.3, 0.4) is 0 Å². The van der Waals surface area contributed by atoms with E-state index in [-0.39, 0.29) is 48.4 Å². The van der Waals surface area contributed by atoms with Gasteiger partial charge >= 0.3 is 5.97 Å². The fraction of sp³-hybridized carbons (Fsp3) is 0.842. The number of carbonyl (C=O) groups excluding carboxylic acids is 2. The van der Waals surface area contributed by atoms with E-state index in [0.29, 0.717) is 5.96 Å². The van der Waals surface area contributed by atoms with Gasteiger partial charge in [-0.15, -0.1) is 24.0 Å². The molecule has 0 saturated carbocycles. The molecule has 8 nitrogen and oxygen atoms in total. The Labute approximate surface area is 186 Å². The van der Waals surface area contributed by atoms with Crippen LogP contribution in [0.25, 0.3) is 0 Å². The van der Waals surface area contributed by atoms with Gasteiger partial charge in [0.2, 0.25) is 5.91 Å². The second kappa shape index (κ2) is 11.2. The van der Waals surface area contributed by atoms with E-state index in [9.17, 15) is 9.59 Å². The predicted octanol–water partition coefficient (Wildman–Crippen LogP) is 1.15. The smallest absolute Gasteiger partial charge is 0.325 e. The average molecular weight is 509 g/mol. The lowest BCUT2D eigenvalue weighted by Gasteiger charge is -2.39. The zero-order chi connectivity index (χ0) is 20.0. The number of hydrogen-bond donors (Lipinski definition) is 1. The van der Waals surface area contributed by atoms with Crippen molar-refractivity contribution in [2.45, 2.75) is 52.2 Å². The van der Waals surface area contributed by atoms with E-state index in [1.807, 2.05) is 32.6 Å². The molecule has 0 radical (unpaired) electrons. The summed E-state index contributed by atoms with van der Waals surface area (Å²) in [5.41, 5.74) is -0.494. The summed E-state index contributed by atoms with van der Waals surface area (Å²) in [7, 11) is 1.71. The first-order valence-electron chi connectivity index (χ1n) is 9.91. The van der Waals surface area contributed by atoms with E-state index in [1.165, 1.54) is 0 Å². The normalized spacial score (nSPS) is 19.8. The minimum Gasteiger partial charge on any atom is -0.459 e. The second-order valence-corrected chi connectivity index (χ2v) is 8.22. The fourth-order valence-electron chi connectivity index (χ4n) is 3.54. The van der Waals surface area contributed by atoms with Crippen LogP contribution in [-0.2, 0) is 14.3 Å². The molecule has 2 aliphatic rings. The second-order valence-electron chi connectivity index (χ2n) is 8.22. The highest BCUT2D eigenvalue weighted by molar-refractivity contribution is 14.0. The topological polar surface area (TPSA) is 77.5 Å². The third-order valence-corrected chi connectivity index (χ3v) is 4.96. The molecule has 162 valence electrons. The summed E-state index contributed by atoms with van der Waals surface area (Å²) in [6.07, 6.45) is 2.23. The highest BCUT2D eigenvalue weighted by Crippen LogP contribution is 2.14. The van der Waals surface area contributed by atoms with Crippen LogP contribution in [-0.4, -0.2) is 97.0 Å². The van der Waals surface area contributed by atoms with Gasteiger partial charge in [0, 0.05) is 46.3 Å². The molecule has 2 fully saturated rings. The largest absolute Gasteiger partial charge is 0.459 e. The Balaban J connectivity index is 0.00000392. The van der Waals surface area contributed by atoms with Gasteiger partial charge in [-0.05, 0) is 40.5 Å². The van der Waals surface area contributed by atoms with Crippen molar-refractivity contribution in [1.82, 2.24) is 20.0 Å². The van der Waals surface area contributed by atoms with Crippen LogP contribution in [0.2, 0.25) is 0 Å². The van der Waals surface area contributed by atoms with Crippen LogP contribution in [0.4, 0.5) is 0 Å². The molecule has 1 unspecified atom stereocenters. The van der Waals surface area contributed by atoms with Gasteiger partial charge in [0.25, 0.3) is 0 Å². The van der Waals surface area contributed by atoms with Crippen LogP contribution in [0.1, 0.15) is 40.5 Å². The van der Waals surface area contributed by atoms with Crippen molar-refractivity contribution in [3.8, 4) is 0 Å². The van der Waals surface area contributed by atoms with Gasteiger partial charge in [-0.1, -0.05) is 0 Å². The minimum absolute atomic E-state index is 0. The Morgan fingerprint density at radius 3 is 2.11 bits per heavy atom. The van der Waals surface area contributed by atoms with Crippen molar-refractivity contribution in [3.63, 3.8) is 0 Å². The first kappa shape index (κ1) is 24.9. The number of aliphatic imine (C=N–C) groups is 1. The highest BCUT2D eigenvalue weighted by Gasteiger charge is 2.30. The van der Waals surface area contributed by atoms with Gasteiger partial charge in [0.1, 0.15) is 12.1 Å². The Hall–Kier alpha value is -1.10. The molecule has 0 aromatic heterocycles. The maximum atomic E-state index is 12.6. The van der Waals surface area contributed by atoms with Crippen molar-refractivity contribution in [2.24, 2.45) is 4.99 Å². The number of likely N-dealkylation sites (tertiary alicyclic amines) is 1. The number of rotatable bonds is 4. The van der Waals surface area contributed by atoms with E-state index in [1.54, 1.807) is 7.05 Å². The van der Waals surface area contributed by atoms with Crippen molar-refractivity contribution in [2.75, 3.05) is 52.9 Å². The molecule has 1 N–H and O–H groups in total. The number of carbonyl (C=O) groups is 2. The molecule has 0 aromatic carbocycles. The number of esters is 1. The monoisotopic (exact) mass is 509 g/mol. The first-order valence-corrected chi connectivity index (χ1v) is 9.91. The molecular weight excluding hydrogens is 473 g/mol. The predicted molar refractivity (Wildman–Crippen MR) is 121 cm³/mol. The lowest BCUT2D eigenvalue weighted by Crippen LogP contribution is -2.57. The van der Waals surface area contributed by atoms with Gasteiger partial charge in [-0.25, -0.2) is 0 Å². The molecule has 1 atom stereocenters. The molecule has 0 bridgehead atoms. The number of ether oxygens (including phenoxy) is 1. The first-order chi connectivity index (χ1) is 12.7. The molecule has 28 heavy (non-hydrogen) atoms. The van der Waals surface area contributed by atoms with Crippen LogP contribution in [0, 0.1) is 0 Å². The summed E-state index contributed by atoms with van der Waals surface area (Å²) in [6, 6.07) is -0.0815.